The number of pyridine rings is 1. The molecule has 2 atom stereocenters. The Morgan fingerprint density at radius 3 is 2.37 bits per heavy atom. The molecule has 2 saturated heterocycles. The van der Waals surface area contributed by atoms with Crippen molar-refractivity contribution >= 4 is 22.6 Å². The Morgan fingerprint density at radius 1 is 1.26 bits per heavy atom. The van der Waals surface area contributed by atoms with E-state index in [1.165, 1.54) is 4.57 Å². The van der Waals surface area contributed by atoms with Crippen LogP contribution in [-0.2, 0) is 6.54 Å². The molecule has 144 valence electrons. The molecule has 3 heterocycles. The van der Waals surface area contributed by atoms with Crippen LogP contribution in [0.15, 0.2) is 17.1 Å². The van der Waals surface area contributed by atoms with Crippen LogP contribution in [0.2, 0.25) is 0 Å². The summed E-state index contributed by atoms with van der Waals surface area (Å²) in [6.07, 6.45) is 1.12. The number of aromatic nitrogens is 1. The van der Waals surface area contributed by atoms with Gasteiger partial charge >= 0.3 is 5.97 Å². The maximum absolute atomic E-state index is 15.4. The fraction of sp³-hybridized carbons (Fsp3) is 0.474. The van der Waals surface area contributed by atoms with Crippen molar-refractivity contribution in [2.45, 2.75) is 38.4 Å². The first-order chi connectivity index (χ1) is 12.6. The van der Waals surface area contributed by atoms with Gasteiger partial charge in [0.05, 0.1) is 22.0 Å². The van der Waals surface area contributed by atoms with Gasteiger partial charge in [-0.15, -0.1) is 0 Å². The van der Waals surface area contributed by atoms with E-state index < -0.39 is 28.6 Å². The molecule has 0 amide bonds. The number of rotatable bonds is 3. The van der Waals surface area contributed by atoms with Gasteiger partial charge in [0.1, 0.15) is 17.1 Å². The molecular formula is C19H21F2N3O3. The maximum Gasteiger partial charge on any atom is 0.341 e. The summed E-state index contributed by atoms with van der Waals surface area (Å²) in [6, 6.07) is 0.965. The van der Waals surface area contributed by atoms with Crippen molar-refractivity contribution in [1.82, 2.24) is 9.47 Å². The monoisotopic (exact) mass is 377 g/mol. The summed E-state index contributed by atoms with van der Waals surface area (Å²) in [4.78, 5) is 27.6. The number of hydrogen-bond acceptors (Lipinski definition) is 4. The maximum atomic E-state index is 15.4. The molecule has 0 radical (unpaired) electrons. The number of fused-ring (bicyclic) bond motifs is 2. The summed E-state index contributed by atoms with van der Waals surface area (Å²) in [6.45, 7) is 7.03. The number of anilines is 1. The summed E-state index contributed by atoms with van der Waals surface area (Å²) >= 11 is 0. The fourth-order valence-electron chi connectivity index (χ4n) is 4.63. The lowest BCUT2D eigenvalue weighted by Crippen LogP contribution is -2.34. The molecule has 2 aliphatic heterocycles. The van der Waals surface area contributed by atoms with E-state index in [2.05, 4.69) is 18.7 Å². The van der Waals surface area contributed by atoms with Gasteiger partial charge in [0.15, 0.2) is 5.82 Å². The SMILES string of the molecule is CCn1cc(C(=O)O)c(=O)c2cc(F)c(N3CC4(C)N(C)C4(C)C3)c(F)c21. The first-order valence-electron chi connectivity index (χ1n) is 8.84. The zero-order chi connectivity index (χ0) is 19.9. The van der Waals surface area contributed by atoms with Crippen molar-refractivity contribution in [2.75, 3.05) is 25.0 Å². The third-order valence-corrected chi connectivity index (χ3v) is 6.71. The predicted molar refractivity (Wildman–Crippen MR) is 97.5 cm³/mol. The predicted octanol–water partition coefficient (Wildman–Crippen LogP) is 2.28. The smallest absolute Gasteiger partial charge is 0.341 e. The van der Waals surface area contributed by atoms with Gasteiger partial charge < -0.3 is 14.6 Å². The molecule has 2 fully saturated rings. The molecule has 1 aromatic carbocycles. The number of aromatic carboxylic acids is 1. The zero-order valence-electron chi connectivity index (χ0n) is 15.6. The summed E-state index contributed by atoms with van der Waals surface area (Å²) in [7, 11) is 1.99. The van der Waals surface area contributed by atoms with E-state index in [9.17, 15) is 19.1 Å². The highest BCUT2D eigenvalue weighted by atomic mass is 19.1. The summed E-state index contributed by atoms with van der Waals surface area (Å²) in [5.74, 6) is -3.09. The van der Waals surface area contributed by atoms with Crippen LogP contribution in [0.4, 0.5) is 14.5 Å². The first-order valence-corrected chi connectivity index (χ1v) is 8.84. The van der Waals surface area contributed by atoms with Gasteiger partial charge in [-0.25, -0.2) is 13.6 Å². The van der Waals surface area contributed by atoms with E-state index in [0.717, 1.165) is 12.3 Å². The van der Waals surface area contributed by atoms with Crippen molar-refractivity contribution in [3.63, 3.8) is 0 Å². The van der Waals surface area contributed by atoms with Crippen LogP contribution >= 0.6 is 0 Å². The van der Waals surface area contributed by atoms with E-state index in [0.29, 0.717) is 13.1 Å². The number of nitrogens with zero attached hydrogens (tertiary/aromatic N) is 3. The Hall–Kier alpha value is -2.48. The fourth-order valence-corrected chi connectivity index (χ4v) is 4.63. The highest BCUT2D eigenvalue weighted by Gasteiger charge is 2.72. The van der Waals surface area contributed by atoms with Crippen LogP contribution < -0.4 is 10.3 Å². The number of aryl methyl sites for hydroxylation is 1. The second-order valence-electron chi connectivity index (χ2n) is 7.84. The topological polar surface area (TPSA) is 65.6 Å². The van der Waals surface area contributed by atoms with Gasteiger partial charge in [-0.3, -0.25) is 9.69 Å². The lowest BCUT2D eigenvalue weighted by Gasteiger charge is -2.27. The van der Waals surface area contributed by atoms with Gasteiger partial charge in [-0.2, -0.15) is 0 Å². The molecule has 0 aliphatic carbocycles. The van der Waals surface area contributed by atoms with E-state index in [-0.39, 0.29) is 34.2 Å². The van der Waals surface area contributed by atoms with E-state index in [4.69, 9.17) is 0 Å². The molecule has 2 aliphatic rings. The van der Waals surface area contributed by atoms with Crippen LogP contribution in [0.3, 0.4) is 0 Å². The van der Waals surface area contributed by atoms with Gasteiger partial charge in [0.25, 0.3) is 0 Å². The first kappa shape index (κ1) is 17.9. The average Bonchev–Trinajstić information content (AvgIpc) is 2.85. The molecule has 2 unspecified atom stereocenters. The Morgan fingerprint density at radius 2 is 1.85 bits per heavy atom. The van der Waals surface area contributed by atoms with Crippen LogP contribution in [0.5, 0.6) is 0 Å². The Balaban J connectivity index is 1.94. The minimum Gasteiger partial charge on any atom is -0.477 e. The van der Waals surface area contributed by atoms with Crippen molar-refractivity contribution in [3.05, 3.63) is 39.7 Å². The third kappa shape index (κ3) is 2.07. The number of halogens is 2. The number of carbonyl (C=O) groups is 1. The average molecular weight is 377 g/mol. The molecule has 0 spiro atoms. The standard InChI is InChI=1S/C19H21F2N3O3/c1-5-23-7-11(17(26)27)16(25)10-6-12(20)15(13(21)14(10)23)24-8-18(2)19(3,9-24)22(18)4/h6-7H,5,8-9H2,1-4H3,(H,26,27). The molecule has 4 rings (SSSR count). The second-order valence-corrected chi connectivity index (χ2v) is 7.84. The molecular weight excluding hydrogens is 356 g/mol. The summed E-state index contributed by atoms with van der Waals surface area (Å²) in [5.41, 5.74) is -1.91. The van der Waals surface area contributed by atoms with Gasteiger partial charge in [0.2, 0.25) is 5.43 Å². The molecule has 2 aromatic rings. The van der Waals surface area contributed by atoms with Crippen LogP contribution in [0.25, 0.3) is 10.9 Å². The molecule has 0 bridgehead atoms. The van der Waals surface area contributed by atoms with Crippen molar-refractivity contribution in [1.29, 1.82) is 0 Å². The van der Waals surface area contributed by atoms with Crippen LogP contribution in [0, 0.1) is 11.6 Å². The zero-order valence-corrected chi connectivity index (χ0v) is 15.6. The highest BCUT2D eigenvalue weighted by Crippen LogP contribution is 2.56. The minimum atomic E-state index is -1.42. The molecule has 1 aromatic heterocycles. The quantitative estimate of drug-likeness (QED) is 0.832. The molecule has 27 heavy (non-hydrogen) atoms. The van der Waals surface area contributed by atoms with Crippen molar-refractivity contribution < 1.29 is 18.7 Å². The number of carboxylic acids is 1. The van der Waals surface area contributed by atoms with Gasteiger partial charge in [-0.1, -0.05) is 0 Å². The summed E-state index contributed by atoms with van der Waals surface area (Å²) < 4.78 is 31.7. The Labute approximate surface area is 154 Å². The number of likely N-dealkylation sites (N-methyl/N-ethyl adjacent to an activating group) is 1. The largest absolute Gasteiger partial charge is 0.477 e. The highest BCUT2D eigenvalue weighted by molar-refractivity contribution is 5.94. The van der Waals surface area contributed by atoms with Gasteiger partial charge in [0, 0.05) is 25.8 Å². The van der Waals surface area contributed by atoms with E-state index in [1.54, 1.807) is 11.8 Å². The molecule has 1 N–H and O–H groups in total. The van der Waals surface area contributed by atoms with Crippen LogP contribution in [-0.4, -0.2) is 51.8 Å². The lowest BCUT2D eigenvalue weighted by atomic mass is 10.0. The van der Waals surface area contributed by atoms with Gasteiger partial charge in [-0.05, 0) is 33.9 Å². The van der Waals surface area contributed by atoms with Crippen molar-refractivity contribution in [3.8, 4) is 0 Å². The Bertz CT molecular complexity index is 1050. The van der Waals surface area contributed by atoms with Crippen molar-refractivity contribution in [2.24, 2.45) is 0 Å². The molecule has 0 saturated carbocycles. The third-order valence-electron chi connectivity index (χ3n) is 6.71. The minimum absolute atomic E-state index is 0.0619. The number of hydrogen-bond donors (Lipinski definition) is 1. The Kier molecular flexibility index (Phi) is 3.50. The van der Waals surface area contributed by atoms with Crippen LogP contribution in [0.1, 0.15) is 31.1 Å². The van der Waals surface area contributed by atoms with E-state index >= 15 is 4.39 Å². The normalized spacial score (nSPS) is 29.3. The number of benzene rings is 1. The molecule has 8 heteroatoms. The lowest BCUT2D eigenvalue weighted by molar-refractivity contribution is 0.0695. The number of piperazine rings is 1. The van der Waals surface area contributed by atoms with E-state index in [1.807, 2.05) is 7.05 Å². The second kappa shape index (κ2) is 5.28. The summed E-state index contributed by atoms with van der Waals surface area (Å²) in [5, 5.41) is 8.96. The number of carboxylic acid groups (broad SMARTS) is 1. The molecule has 6 nitrogen and oxygen atoms in total.